The molecule has 13 heteroatoms. The van der Waals surface area contributed by atoms with Gasteiger partial charge < -0.3 is 10.2 Å². The SMILES string of the molecule is Cc1c(C(=O)N2CCNC(=O)C2)sc2c1c(=O)n(CCc1ccccc1F)c(=O)n2CCC(F)(F)F. The number of carbonyl (C=O) groups is 2. The molecule has 0 spiro atoms. The lowest BCUT2D eigenvalue weighted by molar-refractivity contribution is -0.136. The summed E-state index contributed by atoms with van der Waals surface area (Å²) in [6, 6.07) is 5.79. The van der Waals surface area contributed by atoms with E-state index in [1.807, 2.05) is 0 Å². The van der Waals surface area contributed by atoms with Gasteiger partial charge in [0.2, 0.25) is 5.91 Å². The first-order chi connectivity index (χ1) is 17.0. The predicted molar refractivity (Wildman–Crippen MR) is 125 cm³/mol. The molecule has 3 aromatic rings. The van der Waals surface area contributed by atoms with Crippen molar-refractivity contribution in [3.05, 3.63) is 66.9 Å². The number of aryl methyl sites for hydroxylation is 3. The number of nitrogens with zero attached hydrogens (tertiary/aromatic N) is 3. The van der Waals surface area contributed by atoms with Crippen LogP contribution in [0.5, 0.6) is 0 Å². The van der Waals surface area contributed by atoms with Crippen molar-refractivity contribution in [1.29, 1.82) is 0 Å². The molecule has 0 aliphatic carbocycles. The van der Waals surface area contributed by atoms with Crippen molar-refractivity contribution in [3.63, 3.8) is 0 Å². The summed E-state index contributed by atoms with van der Waals surface area (Å²) in [6.45, 7) is 0.751. The average Bonchev–Trinajstić information content (AvgIpc) is 3.15. The van der Waals surface area contributed by atoms with Gasteiger partial charge in [-0.1, -0.05) is 18.2 Å². The van der Waals surface area contributed by atoms with E-state index in [1.54, 1.807) is 6.07 Å². The Labute approximate surface area is 205 Å². The van der Waals surface area contributed by atoms with Gasteiger partial charge in [-0.05, 0) is 30.5 Å². The van der Waals surface area contributed by atoms with Gasteiger partial charge in [-0.3, -0.25) is 23.5 Å². The van der Waals surface area contributed by atoms with Gasteiger partial charge in [0.25, 0.3) is 11.5 Å². The normalized spacial score (nSPS) is 14.4. The molecule has 8 nitrogen and oxygen atoms in total. The summed E-state index contributed by atoms with van der Waals surface area (Å²) in [5, 5.41) is 2.55. The van der Waals surface area contributed by atoms with Crippen LogP contribution in [0.15, 0.2) is 33.9 Å². The van der Waals surface area contributed by atoms with E-state index in [0.29, 0.717) is 0 Å². The number of hydrogen-bond acceptors (Lipinski definition) is 5. The van der Waals surface area contributed by atoms with Crippen LogP contribution in [0.1, 0.15) is 27.2 Å². The first-order valence-electron chi connectivity index (χ1n) is 11.1. The highest BCUT2D eigenvalue weighted by Gasteiger charge is 2.31. The van der Waals surface area contributed by atoms with Crippen LogP contribution in [-0.4, -0.2) is 51.7 Å². The van der Waals surface area contributed by atoms with Crippen LogP contribution < -0.4 is 16.6 Å². The smallest absolute Gasteiger partial charge is 0.353 e. The summed E-state index contributed by atoms with van der Waals surface area (Å²) in [4.78, 5) is 52.7. The van der Waals surface area contributed by atoms with Gasteiger partial charge in [-0.2, -0.15) is 13.2 Å². The van der Waals surface area contributed by atoms with E-state index in [4.69, 9.17) is 0 Å². The lowest BCUT2D eigenvalue weighted by Crippen LogP contribution is -2.49. The lowest BCUT2D eigenvalue weighted by atomic mass is 10.1. The molecule has 1 aliphatic heterocycles. The molecular weight excluding hydrogens is 504 g/mol. The second-order valence-electron chi connectivity index (χ2n) is 8.41. The van der Waals surface area contributed by atoms with E-state index >= 15 is 0 Å². The van der Waals surface area contributed by atoms with Gasteiger partial charge in [0, 0.05) is 26.2 Å². The fourth-order valence-electron chi connectivity index (χ4n) is 4.12. The molecule has 4 rings (SSSR count). The minimum absolute atomic E-state index is 0.0372. The van der Waals surface area contributed by atoms with Crippen molar-refractivity contribution in [2.24, 2.45) is 0 Å². The Hall–Kier alpha value is -3.48. The van der Waals surface area contributed by atoms with Crippen molar-refractivity contribution >= 4 is 33.4 Å². The number of fused-ring (bicyclic) bond motifs is 1. The number of halogens is 4. The summed E-state index contributed by atoms with van der Waals surface area (Å²) in [7, 11) is 0. The van der Waals surface area contributed by atoms with E-state index < -0.39 is 42.1 Å². The second-order valence-corrected chi connectivity index (χ2v) is 9.41. The Morgan fingerprint density at radius 3 is 2.50 bits per heavy atom. The van der Waals surface area contributed by atoms with Gasteiger partial charge in [-0.15, -0.1) is 11.3 Å². The third-order valence-electron chi connectivity index (χ3n) is 6.00. The van der Waals surface area contributed by atoms with Gasteiger partial charge in [0.05, 0.1) is 23.2 Å². The lowest BCUT2D eigenvalue weighted by Gasteiger charge is -2.26. The van der Waals surface area contributed by atoms with Crippen molar-refractivity contribution in [3.8, 4) is 0 Å². The number of benzene rings is 1. The van der Waals surface area contributed by atoms with Crippen molar-refractivity contribution in [2.45, 2.75) is 39.0 Å². The molecule has 3 heterocycles. The number of thiophene rings is 1. The standard InChI is InChI=1S/C23H22F4N4O4S/c1-13-17-19(33)30(9-6-14-4-2-3-5-15(14)24)22(35)31(10-7-23(25,26)27)21(17)36-18(13)20(34)29-11-8-28-16(32)12-29/h2-5H,6-12H2,1H3,(H,28,32). The van der Waals surface area contributed by atoms with Crippen LogP contribution in [0.25, 0.3) is 10.2 Å². The Kier molecular flexibility index (Phi) is 7.03. The molecule has 1 fully saturated rings. The van der Waals surface area contributed by atoms with Crippen molar-refractivity contribution in [2.75, 3.05) is 19.6 Å². The van der Waals surface area contributed by atoms with E-state index in [9.17, 15) is 36.7 Å². The van der Waals surface area contributed by atoms with Gasteiger partial charge in [-0.25, -0.2) is 9.18 Å². The highest BCUT2D eigenvalue weighted by Crippen LogP contribution is 2.30. The molecule has 36 heavy (non-hydrogen) atoms. The third kappa shape index (κ3) is 5.06. The van der Waals surface area contributed by atoms with Crippen LogP contribution in [0.3, 0.4) is 0 Å². The maximum Gasteiger partial charge on any atom is 0.390 e. The zero-order valence-electron chi connectivity index (χ0n) is 19.2. The molecule has 192 valence electrons. The number of carbonyl (C=O) groups excluding carboxylic acids is 2. The Bertz CT molecular complexity index is 1460. The zero-order valence-corrected chi connectivity index (χ0v) is 20.0. The Morgan fingerprint density at radius 1 is 1.11 bits per heavy atom. The summed E-state index contributed by atoms with van der Waals surface area (Å²) >= 11 is 0.757. The highest BCUT2D eigenvalue weighted by atomic mass is 32.1. The van der Waals surface area contributed by atoms with Crippen LogP contribution in [-0.2, 0) is 24.3 Å². The van der Waals surface area contributed by atoms with Crippen LogP contribution in [0.4, 0.5) is 17.6 Å². The third-order valence-corrected chi connectivity index (χ3v) is 7.30. The van der Waals surface area contributed by atoms with Gasteiger partial charge in [0.1, 0.15) is 10.6 Å². The predicted octanol–water partition coefficient (Wildman–Crippen LogP) is 2.44. The molecule has 0 saturated carbocycles. The molecule has 2 aromatic heterocycles. The number of alkyl halides is 3. The fraction of sp³-hybridized carbons (Fsp3) is 0.391. The molecule has 0 radical (unpaired) electrons. The average molecular weight is 527 g/mol. The van der Waals surface area contributed by atoms with E-state index in [2.05, 4.69) is 5.32 Å². The maximum absolute atomic E-state index is 14.1. The first-order valence-corrected chi connectivity index (χ1v) is 11.9. The van der Waals surface area contributed by atoms with Gasteiger partial charge >= 0.3 is 11.9 Å². The Balaban J connectivity index is 1.83. The largest absolute Gasteiger partial charge is 0.390 e. The first kappa shape index (κ1) is 25.6. The van der Waals surface area contributed by atoms with E-state index in [-0.39, 0.29) is 64.7 Å². The minimum Gasteiger partial charge on any atom is -0.353 e. The fourth-order valence-corrected chi connectivity index (χ4v) is 5.41. The molecule has 1 saturated heterocycles. The Morgan fingerprint density at radius 2 is 1.83 bits per heavy atom. The number of hydrogen-bond donors (Lipinski definition) is 1. The number of rotatable bonds is 6. The van der Waals surface area contributed by atoms with Gasteiger partial charge in [0.15, 0.2) is 0 Å². The molecule has 2 amide bonds. The summed E-state index contributed by atoms with van der Waals surface area (Å²) in [5.41, 5.74) is -1.27. The maximum atomic E-state index is 14.1. The summed E-state index contributed by atoms with van der Waals surface area (Å²) in [6.07, 6.45) is -5.92. The quantitative estimate of drug-likeness (QED) is 0.500. The number of nitrogens with one attached hydrogen (secondary N) is 1. The summed E-state index contributed by atoms with van der Waals surface area (Å²) < 4.78 is 54.8. The minimum atomic E-state index is -4.56. The van der Waals surface area contributed by atoms with E-state index in [1.165, 1.54) is 30.0 Å². The number of aromatic nitrogens is 2. The topological polar surface area (TPSA) is 93.4 Å². The summed E-state index contributed by atoms with van der Waals surface area (Å²) in [5.74, 6) is -1.43. The molecule has 0 unspecified atom stereocenters. The van der Waals surface area contributed by atoms with Crippen molar-refractivity contribution in [1.82, 2.24) is 19.4 Å². The second kappa shape index (κ2) is 9.88. The highest BCUT2D eigenvalue weighted by molar-refractivity contribution is 7.20. The molecular formula is C23H22F4N4O4S. The van der Waals surface area contributed by atoms with Crippen LogP contribution in [0, 0.1) is 12.7 Å². The number of amides is 2. The van der Waals surface area contributed by atoms with Crippen LogP contribution in [0.2, 0.25) is 0 Å². The van der Waals surface area contributed by atoms with Crippen LogP contribution >= 0.6 is 11.3 Å². The zero-order chi connectivity index (χ0) is 26.2. The molecule has 0 bridgehead atoms. The molecule has 1 aliphatic rings. The monoisotopic (exact) mass is 526 g/mol. The molecule has 1 N–H and O–H groups in total. The van der Waals surface area contributed by atoms with Crippen molar-refractivity contribution < 1.29 is 27.2 Å². The molecule has 1 aromatic carbocycles. The molecule has 0 atom stereocenters. The van der Waals surface area contributed by atoms with E-state index in [0.717, 1.165) is 20.5 Å². The number of piperazine rings is 1.